The van der Waals surface area contributed by atoms with E-state index in [1.54, 1.807) is 7.11 Å². The Bertz CT molecular complexity index is 388. The summed E-state index contributed by atoms with van der Waals surface area (Å²) < 4.78 is 5.10. The van der Waals surface area contributed by atoms with Crippen molar-refractivity contribution in [1.82, 2.24) is 0 Å². The molecule has 1 aromatic carbocycles. The third kappa shape index (κ3) is 1.38. The molecule has 2 rings (SSSR count). The molecule has 72 valence electrons. The third-order valence-electron chi connectivity index (χ3n) is 2.01. The van der Waals surface area contributed by atoms with Crippen LogP contribution in [0.25, 0.3) is 0 Å². The van der Waals surface area contributed by atoms with Crippen molar-refractivity contribution in [3.63, 3.8) is 0 Å². The van der Waals surface area contributed by atoms with Crippen LogP contribution in [0.15, 0.2) is 34.4 Å². The molecule has 0 aromatic heterocycles. The summed E-state index contributed by atoms with van der Waals surface area (Å²) in [4.78, 5) is 4.19. The van der Waals surface area contributed by atoms with E-state index in [1.807, 2.05) is 24.3 Å². The highest BCUT2D eigenvalue weighted by Gasteiger charge is 2.21. The first-order chi connectivity index (χ1) is 6.85. The predicted octanol–water partition coefficient (Wildman–Crippen LogP) is 2.15. The highest BCUT2D eigenvalue weighted by atomic mass is 16.5. The van der Waals surface area contributed by atoms with Crippen LogP contribution in [0.4, 0.5) is 11.4 Å². The Morgan fingerprint density at radius 1 is 1.50 bits per heavy atom. The van der Waals surface area contributed by atoms with Crippen LogP contribution >= 0.6 is 0 Å². The number of benzene rings is 1. The molecule has 1 atom stereocenters. The van der Waals surface area contributed by atoms with Gasteiger partial charge >= 0.3 is 0 Å². The van der Waals surface area contributed by atoms with Crippen LogP contribution in [0.2, 0.25) is 0 Å². The summed E-state index contributed by atoms with van der Waals surface area (Å²) in [5, 5.41) is 6.39. The van der Waals surface area contributed by atoms with Gasteiger partial charge in [0.25, 0.3) is 0 Å². The van der Waals surface area contributed by atoms with Gasteiger partial charge in [0.1, 0.15) is 0 Å². The third-order valence-corrected chi connectivity index (χ3v) is 2.01. The van der Waals surface area contributed by atoms with Crippen molar-refractivity contribution in [3.8, 4) is 0 Å². The Morgan fingerprint density at radius 3 is 3.00 bits per heavy atom. The summed E-state index contributed by atoms with van der Waals surface area (Å²) in [6.07, 6.45) is -0.428. The lowest BCUT2D eigenvalue weighted by Crippen LogP contribution is -2.32. The quantitative estimate of drug-likeness (QED) is 0.666. The van der Waals surface area contributed by atoms with E-state index >= 15 is 0 Å². The van der Waals surface area contributed by atoms with E-state index in [9.17, 15) is 0 Å². The largest absolute Gasteiger partial charge is 0.354 e. The van der Waals surface area contributed by atoms with Crippen LogP contribution < -0.4 is 5.32 Å². The molecule has 5 heteroatoms. The molecule has 2 N–H and O–H groups in total. The molecule has 0 saturated heterocycles. The van der Waals surface area contributed by atoms with Gasteiger partial charge in [-0.3, -0.25) is 0 Å². The van der Waals surface area contributed by atoms with Gasteiger partial charge < -0.3 is 10.1 Å². The van der Waals surface area contributed by atoms with E-state index in [1.165, 1.54) is 0 Å². The SMILES string of the molecule is COC1Nc2ccccc2N=C1N=N. The van der Waals surface area contributed by atoms with Crippen molar-refractivity contribution in [2.75, 3.05) is 12.4 Å². The molecule has 0 aliphatic carbocycles. The maximum absolute atomic E-state index is 6.95. The molecule has 1 aliphatic rings. The Kier molecular flexibility index (Phi) is 2.24. The first-order valence-corrected chi connectivity index (χ1v) is 4.19. The lowest BCUT2D eigenvalue weighted by Gasteiger charge is -2.22. The number of amidine groups is 1. The van der Waals surface area contributed by atoms with Crippen molar-refractivity contribution < 1.29 is 4.74 Å². The summed E-state index contributed by atoms with van der Waals surface area (Å²) in [5.41, 5.74) is 8.63. The number of aliphatic imine (C=N–C) groups is 1. The molecule has 1 unspecified atom stereocenters. The monoisotopic (exact) mass is 190 g/mol. The van der Waals surface area contributed by atoms with Gasteiger partial charge in [-0.1, -0.05) is 12.1 Å². The van der Waals surface area contributed by atoms with Gasteiger partial charge in [0.15, 0.2) is 6.23 Å². The molecule has 1 aromatic rings. The first-order valence-electron chi connectivity index (χ1n) is 4.19. The van der Waals surface area contributed by atoms with E-state index < -0.39 is 6.23 Å². The normalized spacial score (nSPS) is 19.2. The standard InChI is InChI=1S/C9H10N4O/c1-14-9-8(13-10)11-6-4-2-3-5-7(6)12-9/h2-5,9-10,12H,1H3. The molecule has 1 aliphatic heterocycles. The van der Waals surface area contributed by atoms with Crippen molar-refractivity contribution >= 4 is 17.2 Å². The van der Waals surface area contributed by atoms with E-state index in [0.717, 1.165) is 11.4 Å². The lowest BCUT2D eigenvalue weighted by molar-refractivity contribution is 0.175. The Labute approximate surface area is 81.3 Å². The molecule has 0 saturated carbocycles. The number of nitrogens with one attached hydrogen (secondary N) is 2. The minimum absolute atomic E-state index is 0.339. The van der Waals surface area contributed by atoms with Crippen molar-refractivity contribution in [1.29, 1.82) is 5.53 Å². The number of methoxy groups -OCH3 is 1. The summed E-state index contributed by atoms with van der Waals surface area (Å²) in [6.45, 7) is 0. The number of hydrogen-bond acceptors (Lipinski definition) is 5. The van der Waals surface area contributed by atoms with Gasteiger partial charge in [0, 0.05) is 7.11 Å². The average Bonchev–Trinajstić information content (AvgIpc) is 2.27. The fraction of sp³-hybridized carbons (Fsp3) is 0.222. The van der Waals surface area contributed by atoms with Gasteiger partial charge in [-0.05, 0) is 12.1 Å². The number of hydrogen-bond donors (Lipinski definition) is 2. The maximum atomic E-state index is 6.95. The molecule has 0 fully saturated rings. The molecule has 14 heavy (non-hydrogen) atoms. The average molecular weight is 190 g/mol. The van der Waals surface area contributed by atoms with Crippen LogP contribution in [-0.2, 0) is 4.74 Å². The number of ether oxygens (including phenoxy) is 1. The number of anilines is 1. The second-order valence-corrected chi connectivity index (χ2v) is 2.86. The zero-order valence-electron chi connectivity index (χ0n) is 7.69. The van der Waals surface area contributed by atoms with Gasteiger partial charge in [-0.25, -0.2) is 10.5 Å². The molecule has 0 bridgehead atoms. The van der Waals surface area contributed by atoms with Gasteiger partial charge in [-0.15, -0.1) is 5.11 Å². The molecule has 0 radical (unpaired) electrons. The molecular weight excluding hydrogens is 180 g/mol. The van der Waals surface area contributed by atoms with Crippen LogP contribution in [0.1, 0.15) is 0 Å². The van der Waals surface area contributed by atoms with E-state index in [2.05, 4.69) is 15.4 Å². The summed E-state index contributed by atoms with van der Waals surface area (Å²) in [5.74, 6) is 0.339. The second-order valence-electron chi connectivity index (χ2n) is 2.86. The van der Waals surface area contributed by atoms with Crippen LogP contribution in [0, 0.1) is 5.53 Å². The van der Waals surface area contributed by atoms with E-state index in [0.29, 0.717) is 5.84 Å². The summed E-state index contributed by atoms with van der Waals surface area (Å²) in [7, 11) is 1.55. The highest BCUT2D eigenvalue weighted by molar-refractivity contribution is 5.95. The fourth-order valence-corrected chi connectivity index (χ4v) is 1.33. The molecule has 0 amide bonds. The zero-order valence-corrected chi connectivity index (χ0v) is 7.69. The van der Waals surface area contributed by atoms with Crippen molar-refractivity contribution in [3.05, 3.63) is 24.3 Å². The van der Waals surface area contributed by atoms with Crippen LogP contribution in [0.5, 0.6) is 0 Å². The molecule has 0 spiro atoms. The smallest absolute Gasteiger partial charge is 0.200 e. The highest BCUT2D eigenvalue weighted by Crippen LogP contribution is 2.29. The zero-order chi connectivity index (χ0) is 9.97. The second kappa shape index (κ2) is 3.55. The first kappa shape index (κ1) is 8.83. The Balaban J connectivity index is 2.44. The number of fused-ring (bicyclic) bond motifs is 1. The molecule has 1 heterocycles. The summed E-state index contributed by atoms with van der Waals surface area (Å²) >= 11 is 0. The van der Waals surface area contributed by atoms with Crippen molar-refractivity contribution in [2.24, 2.45) is 10.1 Å². The maximum Gasteiger partial charge on any atom is 0.200 e. The van der Waals surface area contributed by atoms with Gasteiger partial charge in [0.2, 0.25) is 5.84 Å². The Hall–Kier alpha value is -1.75. The van der Waals surface area contributed by atoms with E-state index in [4.69, 9.17) is 10.3 Å². The number of nitrogens with zero attached hydrogens (tertiary/aromatic N) is 2. The molecular formula is C9H10N4O. The molecule has 5 nitrogen and oxygen atoms in total. The van der Waals surface area contributed by atoms with Gasteiger partial charge in [0.05, 0.1) is 11.4 Å². The van der Waals surface area contributed by atoms with Crippen molar-refractivity contribution in [2.45, 2.75) is 6.23 Å². The predicted molar refractivity (Wildman–Crippen MR) is 53.1 cm³/mol. The minimum atomic E-state index is -0.428. The minimum Gasteiger partial charge on any atom is -0.354 e. The van der Waals surface area contributed by atoms with Crippen LogP contribution in [0.3, 0.4) is 0 Å². The lowest BCUT2D eigenvalue weighted by atomic mass is 10.2. The number of para-hydroxylation sites is 2. The Morgan fingerprint density at radius 2 is 2.29 bits per heavy atom. The van der Waals surface area contributed by atoms with Crippen LogP contribution in [-0.4, -0.2) is 19.2 Å². The number of rotatable bonds is 1. The topological polar surface area (TPSA) is 69.8 Å². The summed E-state index contributed by atoms with van der Waals surface area (Å²) in [6, 6.07) is 7.57. The van der Waals surface area contributed by atoms with Gasteiger partial charge in [-0.2, -0.15) is 0 Å². The van der Waals surface area contributed by atoms with E-state index in [-0.39, 0.29) is 0 Å². The fourth-order valence-electron chi connectivity index (χ4n) is 1.33.